The van der Waals surface area contributed by atoms with Crippen LogP contribution >= 0.6 is 23.1 Å². The van der Waals surface area contributed by atoms with E-state index in [9.17, 15) is 9.59 Å². The van der Waals surface area contributed by atoms with Crippen LogP contribution in [-0.4, -0.2) is 35.6 Å². The van der Waals surface area contributed by atoms with Gasteiger partial charge < -0.3 is 13.7 Å². The van der Waals surface area contributed by atoms with Gasteiger partial charge in [0.2, 0.25) is 0 Å². The van der Waals surface area contributed by atoms with E-state index in [1.807, 2.05) is 41.2 Å². The van der Waals surface area contributed by atoms with Gasteiger partial charge in [-0.25, -0.2) is 4.79 Å². The molecule has 0 bridgehead atoms. The van der Waals surface area contributed by atoms with Crippen LogP contribution in [0.1, 0.15) is 20.9 Å². The highest BCUT2D eigenvalue weighted by Gasteiger charge is 2.15. The maximum atomic E-state index is 12.8. The van der Waals surface area contributed by atoms with Crippen LogP contribution in [0, 0.1) is 0 Å². The molecular formula is C21H18N2O4S2. The first kappa shape index (κ1) is 19.5. The maximum absolute atomic E-state index is 12.8. The van der Waals surface area contributed by atoms with Gasteiger partial charge in [0.15, 0.2) is 10.6 Å². The second-order valence-corrected chi connectivity index (χ2v) is 8.26. The lowest BCUT2D eigenvalue weighted by atomic mass is 10.2. The molecule has 0 spiro atoms. The molecule has 2 heterocycles. The van der Waals surface area contributed by atoms with Crippen molar-refractivity contribution in [3.63, 3.8) is 0 Å². The number of hydrogen-bond donors (Lipinski definition) is 0. The van der Waals surface area contributed by atoms with E-state index in [0.29, 0.717) is 22.5 Å². The molecule has 8 heteroatoms. The minimum absolute atomic E-state index is 0.204. The van der Waals surface area contributed by atoms with Crippen molar-refractivity contribution >= 4 is 56.2 Å². The molecule has 2 aromatic heterocycles. The molecule has 0 unspecified atom stereocenters. The number of benzene rings is 2. The first-order valence-corrected chi connectivity index (χ1v) is 11.1. The van der Waals surface area contributed by atoms with Gasteiger partial charge in [-0.05, 0) is 36.6 Å². The Bertz CT molecular complexity index is 1250. The van der Waals surface area contributed by atoms with Crippen LogP contribution in [0.4, 0.5) is 0 Å². The fraction of sp³-hybridized carbons (Fsp3) is 0.190. The Morgan fingerprint density at radius 1 is 1.21 bits per heavy atom. The summed E-state index contributed by atoms with van der Waals surface area (Å²) in [6.07, 6.45) is 2.03. The van der Waals surface area contributed by atoms with Gasteiger partial charge in [0.05, 0.1) is 22.9 Å². The van der Waals surface area contributed by atoms with Gasteiger partial charge in [0.25, 0.3) is 0 Å². The first-order chi connectivity index (χ1) is 14.1. The summed E-state index contributed by atoms with van der Waals surface area (Å²) in [5, 5.41) is 0.861. The van der Waals surface area contributed by atoms with Gasteiger partial charge in [-0.2, -0.15) is 16.8 Å². The summed E-state index contributed by atoms with van der Waals surface area (Å²) >= 11 is 3.07. The molecule has 0 saturated carbocycles. The Kier molecular flexibility index (Phi) is 5.55. The number of nitrogens with zero attached hydrogens (tertiary/aromatic N) is 2. The van der Waals surface area contributed by atoms with Crippen LogP contribution in [-0.2, 0) is 11.3 Å². The summed E-state index contributed by atoms with van der Waals surface area (Å²) in [5.41, 5.74) is 2.04. The zero-order valence-electron chi connectivity index (χ0n) is 15.9. The van der Waals surface area contributed by atoms with Gasteiger partial charge in [0, 0.05) is 17.7 Å². The number of rotatable bonds is 5. The SMILES string of the molecule is COC(=O)c1ccc2c(c1)sc(=NC(=O)c1cc3ccccc3o1)n2CCSC. The van der Waals surface area contributed by atoms with Crippen molar-refractivity contribution in [1.82, 2.24) is 4.57 Å². The monoisotopic (exact) mass is 426 g/mol. The molecule has 148 valence electrons. The number of para-hydroxylation sites is 1. The van der Waals surface area contributed by atoms with Crippen LogP contribution in [0.5, 0.6) is 0 Å². The van der Waals surface area contributed by atoms with Crippen LogP contribution in [0.3, 0.4) is 0 Å². The number of furan rings is 1. The van der Waals surface area contributed by atoms with Crippen molar-refractivity contribution in [3.05, 3.63) is 64.7 Å². The van der Waals surface area contributed by atoms with Crippen molar-refractivity contribution in [2.24, 2.45) is 4.99 Å². The van der Waals surface area contributed by atoms with E-state index < -0.39 is 11.9 Å². The molecule has 0 N–H and O–H groups in total. The summed E-state index contributed by atoms with van der Waals surface area (Å²) in [6, 6.07) is 14.5. The lowest BCUT2D eigenvalue weighted by Crippen LogP contribution is -2.18. The Morgan fingerprint density at radius 2 is 2.03 bits per heavy atom. The van der Waals surface area contributed by atoms with E-state index >= 15 is 0 Å². The van der Waals surface area contributed by atoms with E-state index in [-0.39, 0.29) is 5.76 Å². The van der Waals surface area contributed by atoms with Gasteiger partial charge in [0.1, 0.15) is 5.58 Å². The summed E-state index contributed by atoms with van der Waals surface area (Å²) in [4.78, 5) is 29.5. The molecule has 2 aromatic carbocycles. The highest BCUT2D eigenvalue weighted by atomic mass is 32.2. The molecule has 4 rings (SSSR count). The van der Waals surface area contributed by atoms with Crippen molar-refractivity contribution in [2.75, 3.05) is 19.1 Å². The number of aromatic nitrogens is 1. The quantitative estimate of drug-likeness (QED) is 0.444. The van der Waals surface area contributed by atoms with Crippen molar-refractivity contribution in [1.29, 1.82) is 0 Å². The number of ether oxygens (including phenoxy) is 1. The highest BCUT2D eigenvalue weighted by Crippen LogP contribution is 2.22. The molecule has 0 fully saturated rings. The van der Waals surface area contributed by atoms with Crippen LogP contribution in [0.2, 0.25) is 0 Å². The standard InChI is InChI=1S/C21H18N2O4S2/c1-26-20(25)14-7-8-15-18(12-14)29-21(23(15)9-10-28-2)22-19(24)17-11-13-5-3-4-6-16(13)27-17/h3-8,11-12H,9-10H2,1-2H3. The topological polar surface area (TPSA) is 73.8 Å². The second-order valence-electron chi connectivity index (χ2n) is 6.27. The number of esters is 1. The van der Waals surface area contributed by atoms with E-state index in [1.165, 1.54) is 18.4 Å². The molecule has 0 aliphatic carbocycles. The molecule has 0 atom stereocenters. The average Bonchev–Trinajstić information content (AvgIpc) is 3.32. The third-order valence-corrected chi connectivity index (χ3v) is 6.09. The van der Waals surface area contributed by atoms with Crippen molar-refractivity contribution < 1.29 is 18.7 Å². The molecule has 1 amide bonds. The average molecular weight is 427 g/mol. The highest BCUT2D eigenvalue weighted by molar-refractivity contribution is 7.98. The zero-order chi connectivity index (χ0) is 20.4. The number of carbonyl (C=O) groups is 2. The van der Waals surface area contributed by atoms with Gasteiger partial charge in [-0.15, -0.1) is 0 Å². The van der Waals surface area contributed by atoms with Crippen LogP contribution < -0.4 is 4.80 Å². The van der Waals surface area contributed by atoms with E-state index in [1.54, 1.807) is 30.0 Å². The summed E-state index contributed by atoms with van der Waals surface area (Å²) in [7, 11) is 1.35. The number of methoxy groups -OCH3 is 1. The predicted octanol–water partition coefficient (Wildman–Crippen LogP) is 4.34. The Hall–Kier alpha value is -2.84. The molecule has 0 aliphatic rings. The molecule has 0 aliphatic heterocycles. The van der Waals surface area contributed by atoms with E-state index in [0.717, 1.165) is 21.4 Å². The number of carbonyl (C=O) groups excluding carboxylic acids is 2. The minimum Gasteiger partial charge on any atom is -0.465 e. The lowest BCUT2D eigenvalue weighted by molar-refractivity contribution is 0.0601. The number of thiazole rings is 1. The third kappa shape index (κ3) is 3.86. The molecule has 6 nitrogen and oxygen atoms in total. The molecule has 29 heavy (non-hydrogen) atoms. The van der Waals surface area contributed by atoms with Gasteiger partial charge in [-0.3, -0.25) is 4.79 Å². The predicted molar refractivity (Wildman–Crippen MR) is 116 cm³/mol. The molecule has 4 aromatic rings. The summed E-state index contributed by atoms with van der Waals surface area (Å²) in [6.45, 7) is 0.699. The number of aryl methyl sites for hydroxylation is 1. The Balaban J connectivity index is 1.81. The molecular weight excluding hydrogens is 408 g/mol. The lowest BCUT2D eigenvalue weighted by Gasteiger charge is -2.04. The third-order valence-electron chi connectivity index (χ3n) is 4.46. The smallest absolute Gasteiger partial charge is 0.337 e. The van der Waals surface area contributed by atoms with Crippen LogP contribution in [0.15, 0.2) is 57.9 Å². The van der Waals surface area contributed by atoms with E-state index in [2.05, 4.69) is 4.99 Å². The number of thioether (sulfide) groups is 1. The van der Waals surface area contributed by atoms with Gasteiger partial charge in [-0.1, -0.05) is 29.5 Å². The molecule has 0 saturated heterocycles. The zero-order valence-corrected chi connectivity index (χ0v) is 17.5. The first-order valence-electron chi connectivity index (χ1n) is 8.89. The normalized spacial score (nSPS) is 12.0. The second kappa shape index (κ2) is 8.26. The van der Waals surface area contributed by atoms with E-state index in [4.69, 9.17) is 9.15 Å². The van der Waals surface area contributed by atoms with Crippen molar-refractivity contribution in [3.8, 4) is 0 Å². The fourth-order valence-electron chi connectivity index (χ4n) is 3.03. The van der Waals surface area contributed by atoms with Gasteiger partial charge >= 0.3 is 11.9 Å². The molecule has 0 radical (unpaired) electrons. The largest absolute Gasteiger partial charge is 0.465 e. The summed E-state index contributed by atoms with van der Waals surface area (Å²) < 4.78 is 13.3. The Labute approximate surface area is 174 Å². The van der Waals surface area contributed by atoms with Crippen LogP contribution in [0.25, 0.3) is 21.2 Å². The summed E-state index contributed by atoms with van der Waals surface area (Å²) in [5.74, 6) is 0.248. The minimum atomic E-state index is -0.432. The fourth-order valence-corrected chi connectivity index (χ4v) is 4.49. The Morgan fingerprint density at radius 3 is 2.79 bits per heavy atom. The number of fused-ring (bicyclic) bond motifs is 2. The number of amides is 1. The number of hydrogen-bond acceptors (Lipinski definition) is 6. The van der Waals surface area contributed by atoms with Crippen molar-refractivity contribution in [2.45, 2.75) is 6.54 Å². The maximum Gasteiger partial charge on any atom is 0.337 e.